The molecule has 2 N–H and O–H groups in total. The average molecular weight is 264 g/mol. The first kappa shape index (κ1) is 14.1. The first-order chi connectivity index (χ1) is 9.13. The van der Waals surface area contributed by atoms with Crippen molar-refractivity contribution >= 4 is 5.91 Å². The summed E-state index contributed by atoms with van der Waals surface area (Å²) < 4.78 is 0. The minimum atomic E-state index is 0.108. The van der Waals surface area contributed by atoms with Gasteiger partial charge in [0.15, 0.2) is 0 Å². The standard InChI is InChI=1S/C14H24N4O/c1-4-18(9-12-6-5-7-15-8-12)14(19)13-10(2)16-17-11(13)3/h12,15H,4-9H2,1-3H3,(H,16,17). The van der Waals surface area contributed by atoms with Gasteiger partial charge in [-0.05, 0) is 52.6 Å². The Labute approximate surface area is 114 Å². The number of carbonyl (C=O) groups is 1. The van der Waals surface area contributed by atoms with Crippen LogP contribution >= 0.6 is 0 Å². The lowest BCUT2D eigenvalue weighted by Gasteiger charge is -2.29. The van der Waals surface area contributed by atoms with Crippen molar-refractivity contribution in [2.24, 2.45) is 5.92 Å². The Morgan fingerprint density at radius 2 is 2.26 bits per heavy atom. The summed E-state index contributed by atoms with van der Waals surface area (Å²) in [5, 5.41) is 10.4. The lowest BCUT2D eigenvalue weighted by Crippen LogP contribution is -2.41. The van der Waals surface area contributed by atoms with Crippen molar-refractivity contribution in [3.8, 4) is 0 Å². The van der Waals surface area contributed by atoms with Crippen LogP contribution in [0.15, 0.2) is 0 Å². The molecule has 0 bridgehead atoms. The molecule has 0 aliphatic carbocycles. The largest absolute Gasteiger partial charge is 0.338 e. The maximum Gasteiger partial charge on any atom is 0.257 e. The molecule has 2 heterocycles. The Kier molecular flexibility index (Phi) is 4.58. The van der Waals surface area contributed by atoms with Gasteiger partial charge in [-0.1, -0.05) is 0 Å². The van der Waals surface area contributed by atoms with Gasteiger partial charge in [0.1, 0.15) is 0 Å². The van der Waals surface area contributed by atoms with E-state index in [0.29, 0.717) is 5.92 Å². The van der Waals surface area contributed by atoms with Gasteiger partial charge in [0.2, 0.25) is 0 Å². The van der Waals surface area contributed by atoms with E-state index in [2.05, 4.69) is 15.5 Å². The van der Waals surface area contributed by atoms with Crippen molar-refractivity contribution in [2.75, 3.05) is 26.2 Å². The average Bonchev–Trinajstić information content (AvgIpc) is 2.76. The third kappa shape index (κ3) is 3.15. The van der Waals surface area contributed by atoms with Crippen LogP contribution in [0.4, 0.5) is 0 Å². The fourth-order valence-electron chi connectivity index (χ4n) is 2.77. The quantitative estimate of drug-likeness (QED) is 0.866. The van der Waals surface area contributed by atoms with Gasteiger partial charge in [0.25, 0.3) is 5.91 Å². The van der Waals surface area contributed by atoms with Crippen LogP contribution in [0.5, 0.6) is 0 Å². The summed E-state index contributed by atoms with van der Waals surface area (Å²) in [6.45, 7) is 9.55. The first-order valence-corrected chi connectivity index (χ1v) is 7.15. The Balaban J connectivity index is 2.06. The predicted molar refractivity (Wildman–Crippen MR) is 75.2 cm³/mol. The fraction of sp³-hybridized carbons (Fsp3) is 0.714. The number of aromatic amines is 1. The van der Waals surface area contributed by atoms with Gasteiger partial charge in [-0.2, -0.15) is 5.10 Å². The molecule has 1 amide bonds. The van der Waals surface area contributed by atoms with Crippen molar-refractivity contribution in [3.63, 3.8) is 0 Å². The van der Waals surface area contributed by atoms with E-state index in [1.54, 1.807) is 0 Å². The molecule has 1 aromatic heterocycles. The second kappa shape index (κ2) is 6.19. The Morgan fingerprint density at radius 1 is 1.47 bits per heavy atom. The van der Waals surface area contributed by atoms with E-state index >= 15 is 0 Å². The zero-order valence-corrected chi connectivity index (χ0v) is 12.1. The maximum absolute atomic E-state index is 12.6. The highest BCUT2D eigenvalue weighted by Crippen LogP contribution is 2.16. The predicted octanol–water partition coefficient (Wildman–Crippen LogP) is 1.49. The molecule has 0 saturated carbocycles. The highest BCUT2D eigenvalue weighted by atomic mass is 16.2. The van der Waals surface area contributed by atoms with E-state index in [9.17, 15) is 4.79 Å². The Hall–Kier alpha value is -1.36. The van der Waals surface area contributed by atoms with Crippen molar-refractivity contribution in [3.05, 3.63) is 17.0 Å². The monoisotopic (exact) mass is 264 g/mol. The minimum Gasteiger partial charge on any atom is -0.338 e. The van der Waals surface area contributed by atoms with E-state index in [0.717, 1.165) is 43.1 Å². The summed E-state index contributed by atoms with van der Waals surface area (Å²) in [6, 6.07) is 0. The highest BCUT2D eigenvalue weighted by Gasteiger charge is 2.24. The van der Waals surface area contributed by atoms with Crippen molar-refractivity contribution < 1.29 is 4.79 Å². The zero-order chi connectivity index (χ0) is 13.8. The normalized spacial score (nSPS) is 19.4. The molecular weight excluding hydrogens is 240 g/mol. The van der Waals surface area contributed by atoms with E-state index in [4.69, 9.17) is 0 Å². The number of nitrogens with one attached hydrogen (secondary N) is 2. The number of piperidine rings is 1. The van der Waals surface area contributed by atoms with Crippen LogP contribution in [-0.2, 0) is 0 Å². The van der Waals surface area contributed by atoms with Gasteiger partial charge in [0, 0.05) is 18.8 Å². The minimum absolute atomic E-state index is 0.108. The van der Waals surface area contributed by atoms with E-state index in [-0.39, 0.29) is 5.91 Å². The van der Waals surface area contributed by atoms with Crippen molar-refractivity contribution in [1.82, 2.24) is 20.4 Å². The van der Waals surface area contributed by atoms with Crippen LogP contribution < -0.4 is 5.32 Å². The van der Waals surface area contributed by atoms with Gasteiger partial charge in [-0.25, -0.2) is 0 Å². The summed E-state index contributed by atoms with van der Waals surface area (Å²) in [4.78, 5) is 14.5. The molecule has 0 spiro atoms. The number of amides is 1. The van der Waals surface area contributed by atoms with Crippen LogP contribution in [0, 0.1) is 19.8 Å². The molecule has 1 saturated heterocycles. The smallest absolute Gasteiger partial charge is 0.257 e. The summed E-state index contributed by atoms with van der Waals surface area (Å²) in [7, 11) is 0. The molecule has 5 nitrogen and oxygen atoms in total. The number of aromatic nitrogens is 2. The Morgan fingerprint density at radius 3 is 2.79 bits per heavy atom. The number of H-pyrrole nitrogens is 1. The van der Waals surface area contributed by atoms with Crippen LogP contribution in [0.3, 0.4) is 0 Å². The number of carbonyl (C=O) groups excluding carboxylic acids is 1. The molecule has 0 radical (unpaired) electrons. The molecule has 1 atom stereocenters. The molecule has 2 rings (SSSR count). The van der Waals surface area contributed by atoms with E-state index in [1.165, 1.54) is 12.8 Å². The molecule has 1 unspecified atom stereocenters. The summed E-state index contributed by atoms with van der Waals surface area (Å²) >= 11 is 0. The number of hydrogen-bond donors (Lipinski definition) is 2. The maximum atomic E-state index is 12.6. The molecule has 106 valence electrons. The second-order valence-electron chi connectivity index (χ2n) is 5.37. The van der Waals surface area contributed by atoms with Crippen molar-refractivity contribution in [2.45, 2.75) is 33.6 Å². The lowest BCUT2D eigenvalue weighted by molar-refractivity contribution is 0.0727. The van der Waals surface area contributed by atoms with E-state index < -0.39 is 0 Å². The molecule has 5 heteroatoms. The zero-order valence-electron chi connectivity index (χ0n) is 12.1. The number of aryl methyl sites for hydroxylation is 2. The second-order valence-corrected chi connectivity index (χ2v) is 5.37. The lowest BCUT2D eigenvalue weighted by atomic mass is 9.98. The third-order valence-corrected chi connectivity index (χ3v) is 3.89. The first-order valence-electron chi connectivity index (χ1n) is 7.15. The van der Waals surface area contributed by atoms with Gasteiger partial charge in [0.05, 0.1) is 11.3 Å². The summed E-state index contributed by atoms with van der Waals surface area (Å²) in [5.74, 6) is 0.682. The van der Waals surface area contributed by atoms with Gasteiger partial charge in [-0.3, -0.25) is 9.89 Å². The molecule has 19 heavy (non-hydrogen) atoms. The third-order valence-electron chi connectivity index (χ3n) is 3.89. The van der Waals surface area contributed by atoms with Crippen molar-refractivity contribution in [1.29, 1.82) is 0 Å². The highest BCUT2D eigenvalue weighted by molar-refractivity contribution is 5.96. The Bertz CT molecular complexity index is 415. The summed E-state index contributed by atoms with van der Waals surface area (Å²) in [6.07, 6.45) is 2.42. The number of nitrogens with zero attached hydrogens (tertiary/aromatic N) is 2. The van der Waals surface area contributed by atoms with Gasteiger partial charge in [-0.15, -0.1) is 0 Å². The number of rotatable bonds is 4. The number of hydrogen-bond acceptors (Lipinski definition) is 3. The van der Waals surface area contributed by atoms with Crippen LogP contribution in [-0.4, -0.2) is 47.2 Å². The fourth-order valence-corrected chi connectivity index (χ4v) is 2.77. The van der Waals surface area contributed by atoms with Crippen LogP contribution in [0.1, 0.15) is 41.5 Å². The summed E-state index contributed by atoms with van der Waals surface area (Å²) in [5.41, 5.74) is 2.40. The SMILES string of the molecule is CCN(CC1CCCNC1)C(=O)c1c(C)n[nH]c1C. The van der Waals surface area contributed by atoms with E-state index in [1.807, 2.05) is 25.7 Å². The molecule has 0 aromatic carbocycles. The molecule has 1 aromatic rings. The molecular formula is C14H24N4O. The molecule has 1 aliphatic heterocycles. The molecule has 1 aliphatic rings. The topological polar surface area (TPSA) is 61.0 Å². The van der Waals surface area contributed by atoms with Gasteiger partial charge < -0.3 is 10.2 Å². The van der Waals surface area contributed by atoms with Gasteiger partial charge >= 0.3 is 0 Å². The van der Waals surface area contributed by atoms with Crippen LogP contribution in [0.25, 0.3) is 0 Å². The van der Waals surface area contributed by atoms with Crippen LogP contribution in [0.2, 0.25) is 0 Å². The molecule has 1 fully saturated rings.